The van der Waals surface area contributed by atoms with Crippen molar-refractivity contribution >= 4 is 17.7 Å². The zero-order valence-corrected chi connectivity index (χ0v) is 19.6. The van der Waals surface area contributed by atoms with Crippen LogP contribution in [0.25, 0.3) is 0 Å². The lowest BCUT2D eigenvalue weighted by molar-refractivity contribution is -0.133. The number of methoxy groups -OCH3 is 1. The summed E-state index contributed by atoms with van der Waals surface area (Å²) in [5.74, 6) is 2.09. The van der Waals surface area contributed by atoms with E-state index in [4.69, 9.17) is 14.3 Å². The van der Waals surface area contributed by atoms with Crippen molar-refractivity contribution in [3.05, 3.63) is 114 Å². The molecule has 4 rings (SSSR count). The van der Waals surface area contributed by atoms with Crippen LogP contribution in [-0.2, 0) is 22.7 Å². The van der Waals surface area contributed by atoms with Gasteiger partial charge < -0.3 is 9.47 Å². The molecule has 0 saturated heterocycles. The first-order valence-corrected chi connectivity index (χ1v) is 11.6. The molecule has 0 bridgehead atoms. The number of nitrogens with one attached hydrogen (secondary N) is 1. The molecule has 1 N–H and O–H groups in total. The Labute approximate surface area is 203 Å². The molecule has 172 valence electrons. The summed E-state index contributed by atoms with van der Waals surface area (Å²) in [7, 11) is 1.64. The van der Waals surface area contributed by atoms with Gasteiger partial charge in [-0.25, -0.2) is 5.48 Å². The zero-order chi connectivity index (χ0) is 23.6. The molecule has 0 unspecified atom stereocenters. The molecule has 0 spiro atoms. The van der Waals surface area contributed by atoms with Gasteiger partial charge in [0.05, 0.1) is 20.1 Å². The number of hydrogen-bond acceptors (Lipinski definition) is 5. The molecule has 0 aliphatic rings. The molecule has 0 aromatic heterocycles. The standard InChI is InChI=1S/C28H25NO4S/c1-31-23-11-13-24(14-12-23)33-25-15-17-26(18-16-25)34-27-10-6-5-9-22(27)19-28(30)29-32-20-21-7-3-2-4-8-21/h2-18H,19-20H2,1H3,(H,29,30). The summed E-state index contributed by atoms with van der Waals surface area (Å²) in [4.78, 5) is 19.8. The molecule has 6 heteroatoms. The first-order chi connectivity index (χ1) is 16.7. The Morgan fingerprint density at radius 2 is 1.38 bits per heavy atom. The van der Waals surface area contributed by atoms with E-state index in [-0.39, 0.29) is 12.3 Å². The van der Waals surface area contributed by atoms with Gasteiger partial charge in [-0.05, 0) is 65.7 Å². The van der Waals surface area contributed by atoms with Crippen LogP contribution in [0.15, 0.2) is 113 Å². The topological polar surface area (TPSA) is 56.8 Å². The summed E-state index contributed by atoms with van der Waals surface area (Å²) in [5.41, 5.74) is 4.47. The first-order valence-electron chi connectivity index (χ1n) is 10.8. The van der Waals surface area contributed by atoms with Crippen molar-refractivity contribution < 1.29 is 19.1 Å². The van der Waals surface area contributed by atoms with E-state index in [1.165, 1.54) is 0 Å². The lowest BCUT2D eigenvalue weighted by Crippen LogP contribution is -2.25. The molecule has 34 heavy (non-hydrogen) atoms. The van der Waals surface area contributed by atoms with E-state index in [1.54, 1.807) is 18.9 Å². The van der Waals surface area contributed by atoms with E-state index in [0.717, 1.165) is 38.2 Å². The lowest BCUT2D eigenvalue weighted by Gasteiger charge is -2.11. The number of hydrogen-bond donors (Lipinski definition) is 1. The Bertz CT molecular complexity index is 1200. The highest BCUT2D eigenvalue weighted by molar-refractivity contribution is 7.99. The van der Waals surface area contributed by atoms with Crippen LogP contribution < -0.4 is 15.0 Å². The molecule has 0 heterocycles. The Morgan fingerprint density at radius 3 is 2.09 bits per heavy atom. The maximum atomic E-state index is 12.4. The fourth-order valence-electron chi connectivity index (χ4n) is 3.22. The van der Waals surface area contributed by atoms with Gasteiger partial charge in [-0.1, -0.05) is 60.3 Å². The minimum absolute atomic E-state index is 0.188. The van der Waals surface area contributed by atoms with Crippen molar-refractivity contribution in [1.82, 2.24) is 5.48 Å². The lowest BCUT2D eigenvalue weighted by atomic mass is 10.1. The number of carbonyl (C=O) groups is 1. The number of rotatable bonds is 10. The van der Waals surface area contributed by atoms with Crippen LogP contribution >= 0.6 is 11.8 Å². The summed E-state index contributed by atoms with van der Waals surface area (Å²) in [6.45, 7) is 0.327. The molecule has 0 aliphatic carbocycles. The third-order valence-corrected chi connectivity index (χ3v) is 6.06. The third kappa shape index (κ3) is 6.88. The first kappa shape index (κ1) is 23.4. The van der Waals surface area contributed by atoms with Crippen molar-refractivity contribution in [2.45, 2.75) is 22.8 Å². The quantitative estimate of drug-likeness (QED) is 0.270. The number of hydroxylamine groups is 1. The van der Waals surface area contributed by atoms with Crippen LogP contribution in [0.2, 0.25) is 0 Å². The van der Waals surface area contributed by atoms with Crippen LogP contribution in [0.5, 0.6) is 17.2 Å². The van der Waals surface area contributed by atoms with Gasteiger partial charge in [-0.3, -0.25) is 9.63 Å². The second kappa shape index (κ2) is 11.9. The van der Waals surface area contributed by atoms with Crippen LogP contribution in [0.4, 0.5) is 0 Å². The molecule has 0 atom stereocenters. The summed E-state index contributed by atoms with van der Waals surface area (Å²) in [6, 6.07) is 32.9. The average molecular weight is 472 g/mol. The maximum absolute atomic E-state index is 12.4. The van der Waals surface area contributed by atoms with Crippen molar-refractivity contribution in [2.75, 3.05) is 7.11 Å². The van der Waals surface area contributed by atoms with Crippen LogP contribution in [0.1, 0.15) is 11.1 Å². The molecule has 0 radical (unpaired) electrons. The Balaban J connectivity index is 1.32. The van der Waals surface area contributed by atoms with E-state index in [2.05, 4.69) is 5.48 Å². The highest BCUT2D eigenvalue weighted by Crippen LogP contribution is 2.33. The minimum Gasteiger partial charge on any atom is -0.497 e. The van der Waals surface area contributed by atoms with E-state index in [1.807, 2.05) is 103 Å². The highest BCUT2D eigenvalue weighted by Gasteiger charge is 2.10. The second-order valence-corrected chi connectivity index (χ2v) is 8.55. The van der Waals surface area contributed by atoms with E-state index in [0.29, 0.717) is 6.61 Å². The molecular formula is C28H25NO4S. The van der Waals surface area contributed by atoms with Gasteiger partial charge in [0.25, 0.3) is 0 Å². The molecule has 0 aliphatic heterocycles. The molecule has 4 aromatic rings. The largest absolute Gasteiger partial charge is 0.497 e. The van der Waals surface area contributed by atoms with Gasteiger partial charge in [0.1, 0.15) is 17.2 Å². The van der Waals surface area contributed by atoms with Gasteiger partial charge in [0, 0.05) is 9.79 Å². The number of ether oxygens (including phenoxy) is 2. The van der Waals surface area contributed by atoms with Crippen molar-refractivity contribution in [2.24, 2.45) is 0 Å². The minimum atomic E-state index is -0.188. The van der Waals surface area contributed by atoms with Crippen molar-refractivity contribution in [3.63, 3.8) is 0 Å². The SMILES string of the molecule is COc1ccc(Oc2ccc(Sc3ccccc3CC(=O)NOCc3ccccc3)cc2)cc1. The number of benzene rings is 4. The van der Waals surface area contributed by atoms with E-state index < -0.39 is 0 Å². The Morgan fingerprint density at radius 1 is 0.765 bits per heavy atom. The van der Waals surface area contributed by atoms with Gasteiger partial charge >= 0.3 is 0 Å². The van der Waals surface area contributed by atoms with Crippen molar-refractivity contribution in [3.8, 4) is 17.2 Å². The zero-order valence-electron chi connectivity index (χ0n) is 18.8. The van der Waals surface area contributed by atoms with Crippen molar-refractivity contribution in [1.29, 1.82) is 0 Å². The Hall–Kier alpha value is -3.74. The monoisotopic (exact) mass is 471 g/mol. The summed E-state index contributed by atoms with van der Waals surface area (Å²) in [6.07, 6.45) is 0.233. The predicted molar refractivity (Wildman–Crippen MR) is 133 cm³/mol. The normalized spacial score (nSPS) is 10.5. The summed E-state index contributed by atoms with van der Waals surface area (Å²) < 4.78 is 11.1. The smallest absolute Gasteiger partial charge is 0.248 e. The van der Waals surface area contributed by atoms with E-state index in [9.17, 15) is 4.79 Å². The van der Waals surface area contributed by atoms with Gasteiger partial charge in [-0.2, -0.15) is 0 Å². The second-order valence-electron chi connectivity index (χ2n) is 7.44. The van der Waals surface area contributed by atoms with Gasteiger partial charge in [0.2, 0.25) is 5.91 Å². The third-order valence-electron chi connectivity index (χ3n) is 4.94. The van der Waals surface area contributed by atoms with Crippen LogP contribution in [-0.4, -0.2) is 13.0 Å². The van der Waals surface area contributed by atoms with Crippen LogP contribution in [0.3, 0.4) is 0 Å². The highest BCUT2D eigenvalue weighted by atomic mass is 32.2. The van der Waals surface area contributed by atoms with E-state index >= 15 is 0 Å². The van der Waals surface area contributed by atoms with Gasteiger partial charge in [0.15, 0.2) is 0 Å². The van der Waals surface area contributed by atoms with Gasteiger partial charge in [-0.15, -0.1) is 0 Å². The molecule has 5 nitrogen and oxygen atoms in total. The molecular weight excluding hydrogens is 446 g/mol. The number of amides is 1. The molecule has 0 fully saturated rings. The summed E-state index contributed by atoms with van der Waals surface area (Å²) >= 11 is 1.60. The molecule has 0 saturated carbocycles. The Kier molecular flexibility index (Phi) is 8.22. The predicted octanol–water partition coefficient (Wildman–Crippen LogP) is 6.43. The fraction of sp³-hybridized carbons (Fsp3) is 0.107. The average Bonchev–Trinajstić information content (AvgIpc) is 2.87. The number of carbonyl (C=O) groups excluding carboxylic acids is 1. The summed E-state index contributed by atoms with van der Waals surface area (Å²) in [5, 5.41) is 0. The maximum Gasteiger partial charge on any atom is 0.248 e. The fourth-order valence-corrected chi connectivity index (χ4v) is 4.16. The van der Waals surface area contributed by atoms with Crippen LogP contribution in [0, 0.1) is 0 Å². The molecule has 4 aromatic carbocycles. The molecule has 1 amide bonds.